The van der Waals surface area contributed by atoms with E-state index < -0.39 is 53.4 Å². The summed E-state index contributed by atoms with van der Waals surface area (Å²) in [5.41, 5.74) is -3.51. The molecule has 0 aromatic heterocycles. The van der Waals surface area contributed by atoms with Crippen LogP contribution < -0.4 is 5.32 Å². The third-order valence-corrected chi connectivity index (χ3v) is 2.94. The Balaban J connectivity index is 3.06. The van der Waals surface area contributed by atoms with Crippen LogP contribution >= 0.6 is 0 Å². The van der Waals surface area contributed by atoms with E-state index in [2.05, 4.69) is 10.1 Å². The fraction of sp³-hybridized carbons (Fsp3) is 0.429. The van der Waals surface area contributed by atoms with Crippen molar-refractivity contribution in [2.75, 3.05) is 7.11 Å². The van der Waals surface area contributed by atoms with E-state index in [0.717, 1.165) is 7.11 Å². The standard InChI is InChI=1S/C14H13F6NO3/c1-7(12(23)24-2)21-11(22)5-8-3-9(13(15,16)17)6-10(4-8)14(18,19)20/h3-4,6-7H,5H2,1-2H3,(H,21,22)/t7-/m0/s1. The molecule has 0 spiro atoms. The number of methoxy groups -OCH3 is 1. The number of alkyl halides is 6. The van der Waals surface area contributed by atoms with Gasteiger partial charge in [0, 0.05) is 0 Å². The number of amides is 1. The molecule has 1 N–H and O–H groups in total. The monoisotopic (exact) mass is 357 g/mol. The Morgan fingerprint density at radius 1 is 1.04 bits per heavy atom. The summed E-state index contributed by atoms with van der Waals surface area (Å²) >= 11 is 0. The molecule has 1 aromatic rings. The minimum absolute atomic E-state index is 0.0293. The molecule has 0 saturated heterocycles. The zero-order valence-electron chi connectivity index (χ0n) is 12.5. The summed E-state index contributed by atoms with van der Waals surface area (Å²) in [7, 11) is 1.06. The van der Waals surface area contributed by atoms with Gasteiger partial charge in [-0.3, -0.25) is 4.79 Å². The number of ether oxygens (including phenoxy) is 1. The van der Waals surface area contributed by atoms with Crippen molar-refractivity contribution in [1.29, 1.82) is 0 Å². The maximum absolute atomic E-state index is 12.7. The first-order valence-corrected chi connectivity index (χ1v) is 6.50. The Bertz CT molecular complexity index is 592. The van der Waals surface area contributed by atoms with Crippen molar-refractivity contribution in [3.63, 3.8) is 0 Å². The maximum atomic E-state index is 12.7. The molecule has 0 unspecified atom stereocenters. The highest BCUT2D eigenvalue weighted by molar-refractivity contribution is 5.85. The first-order valence-electron chi connectivity index (χ1n) is 6.50. The molecule has 24 heavy (non-hydrogen) atoms. The number of rotatable bonds is 4. The highest BCUT2D eigenvalue weighted by Gasteiger charge is 2.37. The van der Waals surface area contributed by atoms with E-state index in [0.29, 0.717) is 12.1 Å². The van der Waals surface area contributed by atoms with E-state index in [9.17, 15) is 35.9 Å². The van der Waals surface area contributed by atoms with E-state index in [1.165, 1.54) is 6.92 Å². The zero-order valence-corrected chi connectivity index (χ0v) is 12.5. The molecule has 0 saturated carbocycles. The molecule has 0 aliphatic rings. The third kappa shape index (κ3) is 5.43. The Morgan fingerprint density at radius 3 is 1.88 bits per heavy atom. The minimum atomic E-state index is -4.99. The molecule has 0 aliphatic heterocycles. The summed E-state index contributed by atoms with van der Waals surface area (Å²) in [5.74, 6) is -1.72. The van der Waals surface area contributed by atoms with Gasteiger partial charge in [0.15, 0.2) is 0 Å². The van der Waals surface area contributed by atoms with Crippen LogP contribution in [0.1, 0.15) is 23.6 Å². The molecule has 1 aromatic carbocycles. The average molecular weight is 357 g/mol. The second-order valence-electron chi connectivity index (χ2n) is 4.90. The van der Waals surface area contributed by atoms with Gasteiger partial charge in [-0.2, -0.15) is 26.3 Å². The van der Waals surface area contributed by atoms with Crippen molar-refractivity contribution in [2.24, 2.45) is 0 Å². The summed E-state index contributed by atoms with van der Waals surface area (Å²) in [5, 5.41) is 2.12. The fourth-order valence-corrected chi connectivity index (χ4v) is 1.84. The van der Waals surface area contributed by atoms with Crippen molar-refractivity contribution in [3.05, 3.63) is 34.9 Å². The number of carbonyl (C=O) groups excluding carboxylic acids is 2. The van der Waals surface area contributed by atoms with E-state index in [-0.39, 0.29) is 6.07 Å². The number of esters is 1. The van der Waals surface area contributed by atoms with Crippen LogP contribution in [-0.2, 0) is 33.1 Å². The highest BCUT2D eigenvalue weighted by Crippen LogP contribution is 2.36. The topological polar surface area (TPSA) is 55.4 Å². The molecule has 4 nitrogen and oxygen atoms in total. The van der Waals surface area contributed by atoms with Crippen LogP contribution in [0.5, 0.6) is 0 Å². The molecule has 0 aliphatic carbocycles. The van der Waals surface area contributed by atoms with Gasteiger partial charge in [-0.25, -0.2) is 4.79 Å². The quantitative estimate of drug-likeness (QED) is 0.666. The van der Waals surface area contributed by atoms with Crippen molar-refractivity contribution in [1.82, 2.24) is 5.32 Å². The summed E-state index contributed by atoms with van der Waals surface area (Å²) < 4.78 is 80.6. The first kappa shape index (κ1) is 19.8. The van der Waals surface area contributed by atoms with Gasteiger partial charge in [-0.15, -0.1) is 0 Å². The van der Waals surface area contributed by atoms with Crippen molar-refractivity contribution < 1.29 is 40.7 Å². The van der Waals surface area contributed by atoms with Gasteiger partial charge in [0.1, 0.15) is 6.04 Å². The summed E-state index contributed by atoms with van der Waals surface area (Å²) in [6.45, 7) is 1.26. The number of halogens is 6. The largest absolute Gasteiger partial charge is 0.467 e. The van der Waals surface area contributed by atoms with Crippen LogP contribution in [0.3, 0.4) is 0 Å². The maximum Gasteiger partial charge on any atom is 0.416 e. The van der Waals surface area contributed by atoms with Crippen LogP contribution in [0, 0.1) is 0 Å². The lowest BCUT2D eigenvalue weighted by Crippen LogP contribution is -2.39. The Kier molecular flexibility index (Phi) is 5.85. The van der Waals surface area contributed by atoms with E-state index in [1.54, 1.807) is 0 Å². The number of carbonyl (C=O) groups is 2. The van der Waals surface area contributed by atoms with Crippen molar-refractivity contribution in [3.8, 4) is 0 Å². The van der Waals surface area contributed by atoms with E-state index in [4.69, 9.17) is 0 Å². The molecule has 0 fully saturated rings. The molecule has 1 atom stereocenters. The molecule has 134 valence electrons. The number of benzene rings is 1. The molecule has 10 heteroatoms. The Morgan fingerprint density at radius 2 is 1.50 bits per heavy atom. The van der Waals surface area contributed by atoms with E-state index in [1.807, 2.05) is 0 Å². The normalized spacial score (nSPS) is 13.3. The molecule has 1 rings (SSSR count). The van der Waals surface area contributed by atoms with Gasteiger partial charge in [0.2, 0.25) is 5.91 Å². The predicted molar refractivity (Wildman–Crippen MR) is 69.8 cm³/mol. The molecule has 0 radical (unpaired) electrons. The average Bonchev–Trinajstić information content (AvgIpc) is 2.43. The Hall–Kier alpha value is -2.26. The van der Waals surface area contributed by atoms with Gasteiger partial charge >= 0.3 is 18.3 Å². The smallest absolute Gasteiger partial charge is 0.416 e. The fourth-order valence-electron chi connectivity index (χ4n) is 1.84. The molecule has 1 amide bonds. The summed E-state index contributed by atoms with van der Waals surface area (Å²) in [4.78, 5) is 22.8. The molecular weight excluding hydrogens is 344 g/mol. The molecule has 0 heterocycles. The second-order valence-corrected chi connectivity index (χ2v) is 4.90. The molecule has 0 bridgehead atoms. The van der Waals surface area contributed by atoms with Crippen molar-refractivity contribution >= 4 is 11.9 Å². The van der Waals surface area contributed by atoms with Crippen molar-refractivity contribution in [2.45, 2.75) is 31.7 Å². The van der Waals surface area contributed by atoms with Crippen LogP contribution in [-0.4, -0.2) is 25.0 Å². The molecular formula is C14H13F6NO3. The lowest BCUT2D eigenvalue weighted by Gasteiger charge is -2.15. The van der Waals surface area contributed by atoms with Gasteiger partial charge in [-0.05, 0) is 30.7 Å². The number of nitrogens with one attached hydrogen (secondary N) is 1. The van der Waals surface area contributed by atoms with Gasteiger partial charge in [-0.1, -0.05) is 0 Å². The highest BCUT2D eigenvalue weighted by atomic mass is 19.4. The lowest BCUT2D eigenvalue weighted by atomic mass is 10.0. The van der Waals surface area contributed by atoms with Crippen LogP contribution in [0.25, 0.3) is 0 Å². The second kappa shape index (κ2) is 7.10. The SMILES string of the molecule is COC(=O)[C@H](C)NC(=O)Cc1cc(C(F)(F)F)cc(C(F)(F)F)c1. The third-order valence-electron chi connectivity index (χ3n) is 2.94. The van der Waals surface area contributed by atoms with Gasteiger partial charge in [0.25, 0.3) is 0 Å². The predicted octanol–water partition coefficient (Wildman–Crippen LogP) is 2.94. The summed E-state index contributed by atoms with van der Waals surface area (Å²) in [6.07, 6.45) is -10.7. The number of hydrogen-bond acceptors (Lipinski definition) is 3. The first-order chi connectivity index (χ1) is 10.8. The van der Waals surface area contributed by atoms with Crippen LogP contribution in [0.2, 0.25) is 0 Å². The summed E-state index contributed by atoms with van der Waals surface area (Å²) in [6, 6.07) is -0.205. The van der Waals surface area contributed by atoms with Crippen LogP contribution in [0.4, 0.5) is 26.3 Å². The zero-order chi connectivity index (χ0) is 18.7. The van der Waals surface area contributed by atoms with Crippen LogP contribution in [0.15, 0.2) is 18.2 Å². The lowest BCUT2D eigenvalue weighted by molar-refractivity contribution is -0.144. The van der Waals surface area contributed by atoms with E-state index >= 15 is 0 Å². The number of hydrogen-bond donors (Lipinski definition) is 1. The minimum Gasteiger partial charge on any atom is -0.467 e. The Labute approximate surface area is 132 Å². The van der Waals surface area contributed by atoms with Gasteiger partial charge in [0.05, 0.1) is 24.7 Å². The van der Waals surface area contributed by atoms with Gasteiger partial charge < -0.3 is 10.1 Å².